The maximum atomic E-state index is 12.8. The largest absolute Gasteiger partial charge is 0.480 e. The Morgan fingerprint density at radius 1 is 1.05 bits per heavy atom. The molecule has 1 amide bonds. The topological polar surface area (TPSA) is 108 Å². The summed E-state index contributed by atoms with van der Waals surface area (Å²) < 4.78 is 0.824. The van der Waals surface area contributed by atoms with Gasteiger partial charge in [0.1, 0.15) is 12.3 Å². The molecule has 0 radical (unpaired) electrons. The molecule has 0 bridgehead atoms. The van der Waals surface area contributed by atoms with Crippen LogP contribution in [-0.2, 0) is 14.4 Å². The number of carboxylic acids is 1. The number of carbonyl (C=O) groups is 3. The van der Waals surface area contributed by atoms with Crippen molar-refractivity contribution >= 4 is 23.6 Å². The molecule has 40 heavy (non-hydrogen) atoms. The number of nitrogens with one attached hydrogen (secondary N) is 1. The molecule has 0 aromatic rings. The molecule has 9 nitrogen and oxygen atoms in total. The van der Waals surface area contributed by atoms with Crippen molar-refractivity contribution in [1.29, 1.82) is 0 Å². The summed E-state index contributed by atoms with van der Waals surface area (Å²) in [7, 11) is 6.33. The number of rotatable bonds is 10. The number of Topliss-reactive ketones (excluding diaryl/α,β-unsaturated/α-hetero) is 1. The van der Waals surface area contributed by atoms with Crippen molar-refractivity contribution in [3.05, 3.63) is 0 Å². The maximum Gasteiger partial charge on any atom is 0.436 e. The van der Waals surface area contributed by atoms with Crippen LogP contribution in [0, 0.1) is 40.4 Å². The molecule has 0 heterocycles. The third-order valence-electron chi connectivity index (χ3n) is 11.4. The van der Waals surface area contributed by atoms with E-state index in [4.69, 9.17) is 4.84 Å². The predicted octanol–water partition coefficient (Wildman–Crippen LogP) is 4.41. The number of fused-ring (bicyclic) bond motifs is 5. The van der Waals surface area contributed by atoms with Gasteiger partial charge >= 0.3 is 12.1 Å². The lowest BCUT2D eigenvalue weighted by Gasteiger charge is -2.60. The monoisotopic (exact) mass is 561 g/mol. The molecule has 0 aliphatic heterocycles. The van der Waals surface area contributed by atoms with Gasteiger partial charge in [-0.25, -0.2) is 4.79 Å². The average Bonchev–Trinajstić information content (AvgIpc) is 3.23. The summed E-state index contributed by atoms with van der Waals surface area (Å²) in [4.78, 5) is 43.0. The summed E-state index contributed by atoms with van der Waals surface area (Å²) in [6.45, 7) is 8.89. The Morgan fingerprint density at radius 3 is 2.48 bits per heavy atom. The Morgan fingerprint density at radius 2 is 1.77 bits per heavy atom. The summed E-state index contributed by atoms with van der Waals surface area (Å²) in [6.07, 6.45) is 8.85. The third kappa shape index (κ3) is 6.56. The second kappa shape index (κ2) is 12.1. The minimum Gasteiger partial charge on any atom is -0.480 e. The van der Waals surface area contributed by atoms with Gasteiger partial charge in [0.25, 0.3) is 0 Å². The molecule has 226 valence electrons. The van der Waals surface area contributed by atoms with Crippen molar-refractivity contribution in [2.75, 3.05) is 53.9 Å². The number of quaternary nitrogens is 1. The van der Waals surface area contributed by atoms with Gasteiger partial charge in [-0.2, -0.15) is 0 Å². The zero-order valence-electron chi connectivity index (χ0n) is 25.7. The molecule has 0 saturated heterocycles. The van der Waals surface area contributed by atoms with Crippen LogP contribution in [0.1, 0.15) is 78.6 Å². The molecule has 4 aliphatic carbocycles. The van der Waals surface area contributed by atoms with Crippen LogP contribution in [0.25, 0.3) is 0 Å². The van der Waals surface area contributed by atoms with E-state index >= 15 is 0 Å². The van der Waals surface area contributed by atoms with Gasteiger partial charge in [-0.15, -0.1) is 0 Å². The molecule has 4 rings (SSSR count). The Hall–Kier alpha value is -2.00. The van der Waals surface area contributed by atoms with Crippen molar-refractivity contribution in [1.82, 2.24) is 10.2 Å². The van der Waals surface area contributed by atoms with Crippen LogP contribution in [0.15, 0.2) is 5.16 Å². The molecule has 4 aliphatic rings. The molecular formula is C31H53N4O5+. The zero-order chi connectivity index (χ0) is 29.3. The molecule has 0 spiro atoms. The summed E-state index contributed by atoms with van der Waals surface area (Å²) >= 11 is 0. The number of hydrogen-bond donors (Lipinski definition) is 2. The molecule has 4 fully saturated rings. The van der Waals surface area contributed by atoms with Crippen LogP contribution in [0.2, 0.25) is 0 Å². The number of nitrogens with zero attached hydrogens (tertiary/aromatic N) is 3. The van der Waals surface area contributed by atoms with E-state index in [1.54, 1.807) is 0 Å². The standard InChI is InChI=1S/C31H52N4O5/c1-21(33-40-29(39)34(20-28(37)38)17-15-32-16-18-35(4,5)6)25-9-10-26-24-8-7-22-19-23(36)11-13-30(22,2)27(24)12-14-31(25,26)3/h22,24-27,32H,7-20H2,1-6H3/p+1/b33-21+/t22-,24+,25-,26+,27+,30+,31-/m1/s1. The highest BCUT2D eigenvalue weighted by Crippen LogP contribution is 2.67. The van der Waals surface area contributed by atoms with Gasteiger partial charge in [-0.1, -0.05) is 19.0 Å². The summed E-state index contributed by atoms with van der Waals surface area (Å²) in [5.41, 5.74) is 1.27. The van der Waals surface area contributed by atoms with E-state index in [-0.39, 0.29) is 17.9 Å². The van der Waals surface area contributed by atoms with Crippen LogP contribution in [-0.4, -0.2) is 91.9 Å². The highest BCUT2D eigenvalue weighted by atomic mass is 16.7. The van der Waals surface area contributed by atoms with Gasteiger partial charge in [0.05, 0.1) is 33.4 Å². The van der Waals surface area contributed by atoms with Gasteiger partial charge in [0.2, 0.25) is 0 Å². The van der Waals surface area contributed by atoms with Crippen molar-refractivity contribution in [2.24, 2.45) is 45.6 Å². The van der Waals surface area contributed by atoms with E-state index in [2.05, 4.69) is 45.5 Å². The fourth-order valence-electron chi connectivity index (χ4n) is 9.12. The first-order chi connectivity index (χ1) is 18.7. The fraction of sp³-hybridized carbons (Fsp3) is 0.871. The number of likely N-dealkylation sites (N-methyl/N-ethyl adjacent to an activating group) is 1. The number of carbonyl (C=O) groups excluding carboxylic acids is 2. The summed E-state index contributed by atoms with van der Waals surface area (Å²) in [5.74, 6) is 2.24. The Balaban J connectivity index is 1.36. The minimum atomic E-state index is -1.07. The van der Waals surface area contributed by atoms with Crippen molar-refractivity contribution in [3.63, 3.8) is 0 Å². The van der Waals surface area contributed by atoms with Crippen LogP contribution >= 0.6 is 0 Å². The first-order valence-electron chi connectivity index (χ1n) is 15.5. The second-order valence-corrected chi connectivity index (χ2v) is 14.7. The number of oxime groups is 1. The molecule has 2 N–H and O–H groups in total. The number of carboxylic acid groups (broad SMARTS) is 1. The molecule has 0 aromatic heterocycles. The Bertz CT molecular complexity index is 993. The number of aliphatic carboxylic acids is 1. The SMILES string of the molecule is C/C(=N\OC(=O)N(CCNCC[N+](C)(C)C)CC(=O)O)[C@H]1CC[C@H]2[C@@H]3CC[C@@H]4CC(=O)CC[C@]4(C)[C@H]3CC[C@]12C. The van der Waals surface area contributed by atoms with Gasteiger partial charge in [0.15, 0.2) is 0 Å². The lowest BCUT2D eigenvalue weighted by atomic mass is 9.44. The van der Waals surface area contributed by atoms with E-state index in [0.29, 0.717) is 41.4 Å². The average molecular weight is 562 g/mol. The van der Waals surface area contributed by atoms with E-state index in [1.165, 1.54) is 30.6 Å². The lowest BCUT2D eigenvalue weighted by molar-refractivity contribution is -0.869. The highest BCUT2D eigenvalue weighted by molar-refractivity contribution is 5.86. The predicted molar refractivity (Wildman–Crippen MR) is 155 cm³/mol. The lowest BCUT2D eigenvalue weighted by Crippen LogP contribution is -2.53. The molecule has 9 heteroatoms. The number of ketones is 1. The molecular weight excluding hydrogens is 508 g/mol. The normalized spacial score (nSPS) is 35.9. The molecule has 0 unspecified atom stereocenters. The van der Waals surface area contributed by atoms with Gasteiger partial charge in [-0.3, -0.25) is 19.3 Å². The van der Waals surface area contributed by atoms with E-state index < -0.39 is 18.6 Å². The fourth-order valence-corrected chi connectivity index (χ4v) is 9.12. The van der Waals surface area contributed by atoms with Crippen LogP contribution in [0.3, 0.4) is 0 Å². The van der Waals surface area contributed by atoms with E-state index in [1.807, 2.05) is 6.92 Å². The minimum absolute atomic E-state index is 0.130. The molecule has 0 aromatic carbocycles. The van der Waals surface area contributed by atoms with E-state index in [9.17, 15) is 19.5 Å². The third-order valence-corrected chi connectivity index (χ3v) is 11.4. The van der Waals surface area contributed by atoms with Crippen LogP contribution in [0.5, 0.6) is 0 Å². The van der Waals surface area contributed by atoms with Gasteiger partial charge < -0.3 is 14.9 Å². The second-order valence-electron chi connectivity index (χ2n) is 14.7. The number of hydrogen-bond acceptors (Lipinski definition) is 6. The Kier molecular flexibility index (Phi) is 9.35. The van der Waals surface area contributed by atoms with E-state index in [0.717, 1.165) is 55.4 Å². The smallest absolute Gasteiger partial charge is 0.436 e. The first-order valence-corrected chi connectivity index (χ1v) is 15.5. The molecule has 7 atom stereocenters. The first kappa shape index (κ1) is 30.9. The van der Waals surface area contributed by atoms with Crippen LogP contribution in [0.4, 0.5) is 4.79 Å². The molecule has 4 saturated carbocycles. The van der Waals surface area contributed by atoms with Crippen molar-refractivity contribution in [2.45, 2.75) is 78.6 Å². The van der Waals surface area contributed by atoms with Gasteiger partial charge in [-0.05, 0) is 86.4 Å². The summed E-state index contributed by atoms with van der Waals surface area (Å²) in [6, 6.07) is 0. The quantitative estimate of drug-likeness (QED) is 0.135. The van der Waals surface area contributed by atoms with Crippen molar-refractivity contribution in [3.8, 4) is 0 Å². The zero-order valence-corrected chi connectivity index (χ0v) is 25.7. The van der Waals surface area contributed by atoms with Gasteiger partial charge in [0, 0.05) is 38.4 Å². The highest BCUT2D eigenvalue weighted by Gasteiger charge is 2.60. The maximum absolute atomic E-state index is 12.8. The van der Waals surface area contributed by atoms with Crippen molar-refractivity contribution < 1.29 is 28.8 Å². The van der Waals surface area contributed by atoms with Crippen LogP contribution < -0.4 is 5.32 Å². The number of amides is 1. The summed E-state index contributed by atoms with van der Waals surface area (Å²) in [5, 5.41) is 16.9. The Labute approximate surface area is 240 Å².